The van der Waals surface area contributed by atoms with Crippen molar-refractivity contribution in [3.63, 3.8) is 0 Å². The van der Waals surface area contributed by atoms with E-state index >= 15 is 0 Å². The highest BCUT2D eigenvalue weighted by Gasteiger charge is 2.31. The highest BCUT2D eigenvalue weighted by atomic mass is 16.2. The minimum absolute atomic E-state index is 0.0340. The van der Waals surface area contributed by atoms with Gasteiger partial charge in [0, 0.05) is 64.6 Å². The Morgan fingerprint density at radius 2 is 1.19 bits per heavy atom. The summed E-state index contributed by atoms with van der Waals surface area (Å²) < 4.78 is 0. The summed E-state index contributed by atoms with van der Waals surface area (Å²) in [5.41, 5.74) is 1.68. The predicted molar refractivity (Wildman–Crippen MR) is 99.1 cm³/mol. The summed E-state index contributed by atoms with van der Waals surface area (Å²) in [6.07, 6.45) is 1.93. The highest BCUT2D eigenvalue weighted by molar-refractivity contribution is 6.35. The molecule has 0 unspecified atom stereocenters. The fourth-order valence-corrected chi connectivity index (χ4v) is 3.39. The fraction of sp³-hybridized carbons (Fsp3) is 0.526. The maximum atomic E-state index is 12.6. The molecule has 3 rings (SSSR count). The number of piperazine rings is 1. The van der Waals surface area contributed by atoms with Crippen LogP contribution in [0.5, 0.6) is 0 Å². The third kappa shape index (κ3) is 3.81. The van der Waals surface area contributed by atoms with Crippen molar-refractivity contribution in [2.45, 2.75) is 12.8 Å². The Labute approximate surface area is 154 Å². The molecule has 0 atom stereocenters. The molecule has 7 nitrogen and oxygen atoms in total. The van der Waals surface area contributed by atoms with Gasteiger partial charge >= 0.3 is 11.8 Å². The second-order valence-electron chi connectivity index (χ2n) is 7.03. The predicted octanol–water partition coefficient (Wildman–Crippen LogP) is 0.659. The van der Waals surface area contributed by atoms with Gasteiger partial charge in [-0.15, -0.1) is 0 Å². The normalized spacial score (nSPS) is 17.4. The number of anilines is 1. The van der Waals surface area contributed by atoms with Crippen LogP contribution in [0.1, 0.15) is 23.2 Å². The smallest absolute Gasteiger partial charge is 0.312 e. The average molecular weight is 358 g/mol. The number of amides is 3. The summed E-state index contributed by atoms with van der Waals surface area (Å²) in [6, 6.07) is 7.49. The summed E-state index contributed by atoms with van der Waals surface area (Å²) in [6.45, 7) is 3.05. The van der Waals surface area contributed by atoms with Gasteiger partial charge in [0.2, 0.25) is 0 Å². The second kappa shape index (κ2) is 7.76. The first kappa shape index (κ1) is 18.2. The SMILES string of the molecule is CN(C)c1ccc(C(=O)N2CCN(C(=O)C(=O)N3CCCC3)CC2)cc1. The van der Waals surface area contributed by atoms with Gasteiger partial charge in [-0.1, -0.05) is 0 Å². The van der Waals surface area contributed by atoms with Gasteiger partial charge in [-0.05, 0) is 37.1 Å². The van der Waals surface area contributed by atoms with E-state index in [1.807, 2.05) is 43.3 Å². The molecule has 3 amide bonds. The number of carbonyl (C=O) groups is 3. The van der Waals surface area contributed by atoms with Crippen LogP contribution in [0.2, 0.25) is 0 Å². The van der Waals surface area contributed by atoms with E-state index in [0.717, 1.165) is 18.5 Å². The molecule has 0 aliphatic carbocycles. The van der Waals surface area contributed by atoms with Crippen LogP contribution in [0.15, 0.2) is 24.3 Å². The van der Waals surface area contributed by atoms with Crippen molar-refractivity contribution in [2.75, 3.05) is 58.3 Å². The molecular weight excluding hydrogens is 332 g/mol. The van der Waals surface area contributed by atoms with Crippen molar-refractivity contribution in [1.29, 1.82) is 0 Å². The van der Waals surface area contributed by atoms with E-state index in [9.17, 15) is 14.4 Å². The Hall–Kier alpha value is -2.57. The lowest BCUT2D eigenvalue weighted by atomic mass is 10.1. The quantitative estimate of drug-likeness (QED) is 0.729. The summed E-state index contributed by atoms with van der Waals surface area (Å²) in [4.78, 5) is 44.1. The van der Waals surface area contributed by atoms with Gasteiger partial charge in [-0.2, -0.15) is 0 Å². The second-order valence-corrected chi connectivity index (χ2v) is 7.03. The molecule has 2 aliphatic heterocycles. The van der Waals surface area contributed by atoms with Crippen LogP contribution in [0.4, 0.5) is 5.69 Å². The van der Waals surface area contributed by atoms with Crippen LogP contribution >= 0.6 is 0 Å². The number of nitrogens with zero attached hydrogens (tertiary/aromatic N) is 4. The fourth-order valence-electron chi connectivity index (χ4n) is 3.39. The van der Waals surface area contributed by atoms with E-state index in [1.54, 1.807) is 14.7 Å². The molecule has 0 bridgehead atoms. The molecule has 2 fully saturated rings. The zero-order chi connectivity index (χ0) is 18.7. The minimum Gasteiger partial charge on any atom is -0.378 e. The molecule has 2 aliphatic rings. The Morgan fingerprint density at radius 3 is 1.69 bits per heavy atom. The zero-order valence-electron chi connectivity index (χ0n) is 15.5. The summed E-state index contributed by atoms with van der Waals surface area (Å²) in [5, 5.41) is 0. The molecule has 2 saturated heterocycles. The van der Waals surface area contributed by atoms with Crippen LogP contribution in [-0.4, -0.2) is 85.8 Å². The van der Waals surface area contributed by atoms with Crippen LogP contribution in [0, 0.1) is 0 Å². The Kier molecular flexibility index (Phi) is 5.44. The lowest BCUT2D eigenvalue weighted by molar-refractivity contribution is -0.152. The average Bonchev–Trinajstić information content (AvgIpc) is 3.21. The molecule has 7 heteroatoms. The number of carbonyl (C=O) groups excluding carboxylic acids is 3. The van der Waals surface area contributed by atoms with Crippen molar-refractivity contribution in [3.05, 3.63) is 29.8 Å². The summed E-state index contributed by atoms with van der Waals surface area (Å²) in [5.74, 6) is -0.871. The van der Waals surface area contributed by atoms with Crippen molar-refractivity contribution in [3.8, 4) is 0 Å². The van der Waals surface area contributed by atoms with Crippen LogP contribution in [0.3, 0.4) is 0 Å². The first-order valence-electron chi connectivity index (χ1n) is 9.12. The molecule has 1 aromatic carbocycles. The Balaban J connectivity index is 1.55. The third-order valence-corrected chi connectivity index (χ3v) is 5.06. The van der Waals surface area contributed by atoms with Crippen molar-refractivity contribution in [1.82, 2.24) is 14.7 Å². The Morgan fingerprint density at radius 1 is 0.731 bits per heavy atom. The van der Waals surface area contributed by atoms with Gasteiger partial charge in [-0.25, -0.2) is 0 Å². The summed E-state index contributed by atoms with van der Waals surface area (Å²) in [7, 11) is 3.91. The van der Waals surface area contributed by atoms with Crippen LogP contribution < -0.4 is 4.90 Å². The van der Waals surface area contributed by atoms with Crippen LogP contribution in [0.25, 0.3) is 0 Å². The topological polar surface area (TPSA) is 64.2 Å². The van der Waals surface area contributed by atoms with Crippen LogP contribution in [-0.2, 0) is 9.59 Å². The standard InChI is InChI=1S/C19H26N4O3/c1-20(2)16-7-5-15(6-8-16)17(24)22-11-13-23(14-12-22)19(26)18(25)21-9-3-4-10-21/h5-8H,3-4,9-14H2,1-2H3. The molecule has 2 heterocycles. The van der Waals surface area contributed by atoms with Crippen molar-refractivity contribution in [2.24, 2.45) is 0 Å². The molecular formula is C19H26N4O3. The zero-order valence-corrected chi connectivity index (χ0v) is 15.5. The van der Waals surface area contributed by atoms with E-state index in [0.29, 0.717) is 44.8 Å². The molecule has 0 aromatic heterocycles. The molecule has 0 saturated carbocycles. The maximum absolute atomic E-state index is 12.6. The van der Waals surface area contributed by atoms with Gasteiger partial charge in [0.25, 0.3) is 5.91 Å². The van der Waals surface area contributed by atoms with Gasteiger partial charge < -0.3 is 19.6 Å². The van der Waals surface area contributed by atoms with E-state index in [-0.39, 0.29) is 5.91 Å². The number of likely N-dealkylation sites (tertiary alicyclic amines) is 1. The highest BCUT2D eigenvalue weighted by Crippen LogP contribution is 2.15. The van der Waals surface area contributed by atoms with E-state index in [4.69, 9.17) is 0 Å². The van der Waals surface area contributed by atoms with Crippen molar-refractivity contribution < 1.29 is 14.4 Å². The number of benzene rings is 1. The minimum atomic E-state index is -0.436. The van der Waals surface area contributed by atoms with E-state index < -0.39 is 11.8 Å². The third-order valence-electron chi connectivity index (χ3n) is 5.06. The number of hydrogen-bond donors (Lipinski definition) is 0. The molecule has 140 valence electrons. The van der Waals surface area contributed by atoms with Gasteiger partial charge in [0.15, 0.2) is 0 Å². The number of rotatable bonds is 2. The maximum Gasteiger partial charge on any atom is 0.312 e. The first-order chi connectivity index (χ1) is 12.5. The molecule has 26 heavy (non-hydrogen) atoms. The Bertz CT molecular complexity index is 673. The van der Waals surface area contributed by atoms with Crippen molar-refractivity contribution >= 4 is 23.4 Å². The first-order valence-corrected chi connectivity index (χ1v) is 9.12. The van der Waals surface area contributed by atoms with Gasteiger partial charge in [0.05, 0.1) is 0 Å². The van der Waals surface area contributed by atoms with E-state index in [1.165, 1.54) is 0 Å². The number of hydrogen-bond acceptors (Lipinski definition) is 4. The lowest BCUT2D eigenvalue weighted by Gasteiger charge is -2.35. The molecule has 0 N–H and O–H groups in total. The molecule has 1 aromatic rings. The van der Waals surface area contributed by atoms with Gasteiger partial charge in [0.1, 0.15) is 0 Å². The molecule has 0 radical (unpaired) electrons. The van der Waals surface area contributed by atoms with Gasteiger partial charge in [-0.3, -0.25) is 14.4 Å². The largest absolute Gasteiger partial charge is 0.378 e. The van der Waals surface area contributed by atoms with E-state index in [2.05, 4.69) is 0 Å². The summed E-state index contributed by atoms with van der Waals surface area (Å²) >= 11 is 0. The lowest BCUT2D eigenvalue weighted by Crippen LogP contribution is -2.54. The molecule has 0 spiro atoms. The monoisotopic (exact) mass is 358 g/mol.